The minimum absolute atomic E-state index is 0.0855. The minimum atomic E-state index is -1.03. The SMILES string of the molecule is CC(C)Oc1cccc(C(C)(O)Cc2ccc(F)cc2)c1. The Kier molecular flexibility index (Phi) is 4.63. The van der Waals surface area contributed by atoms with E-state index in [1.54, 1.807) is 19.1 Å². The highest BCUT2D eigenvalue weighted by molar-refractivity contribution is 5.33. The van der Waals surface area contributed by atoms with Gasteiger partial charge >= 0.3 is 0 Å². The van der Waals surface area contributed by atoms with E-state index >= 15 is 0 Å². The maximum absolute atomic E-state index is 12.9. The van der Waals surface area contributed by atoms with Crippen LogP contribution in [0.5, 0.6) is 5.75 Å². The van der Waals surface area contributed by atoms with Crippen LogP contribution < -0.4 is 4.74 Å². The van der Waals surface area contributed by atoms with Crippen LogP contribution in [0.3, 0.4) is 0 Å². The molecular formula is C18H21FO2. The maximum Gasteiger partial charge on any atom is 0.123 e. The molecule has 1 N–H and O–H groups in total. The molecule has 0 aliphatic heterocycles. The van der Waals surface area contributed by atoms with E-state index in [9.17, 15) is 9.50 Å². The summed E-state index contributed by atoms with van der Waals surface area (Å²) in [6.45, 7) is 5.68. The summed E-state index contributed by atoms with van der Waals surface area (Å²) in [5.41, 5.74) is 0.635. The lowest BCUT2D eigenvalue weighted by Gasteiger charge is -2.25. The quantitative estimate of drug-likeness (QED) is 0.899. The van der Waals surface area contributed by atoms with Crippen LogP contribution in [0.1, 0.15) is 31.9 Å². The Labute approximate surface area is 125 Å². The average molecular weight is 288 g/mol. The summed E-state index contributed by atoms with van der Waals surface area (Å²) in [5.74, 6) is 0.465. The van der Waals surface area contributed by atoms with Gasteiger partial charge in [-0.2, -0.15) is 0 Å². The fourth-order valence-corrected chi connectivity index (χ4v) is 2.28. The number of hydrogen-bond donors (Lipinski definition) is 1. The summed E-state index contributed by atoms with van der Waals surface area (Å²) in [7, 11) is 0. The van der Waals surface area contributed by atoms with Crippen LogP contribution >= 0.6 is 0 Å². The molecular weight excluding hydrogens is 267 g/mol. The molecule has 0 aliphatic carbocycles. The molecule has 0 saturated carbocycles. The molecule has 0 aliphatic rings. The number of rotatable bonds is 5. The Morgan fingerprint density at radius 2 is 1.81 bits per heavy atom. The van der Waals surface area contributed by atoms with Gasteiger partial charge in [-0.3, -0.25) is 0 Å². The van der Waals surface area contributed by atoms with E-state index in [1.807, 2.05) is 38.1 Å². The van der Waals surface area contributed by atoms with Crippen LogP contribution in [-0.2, 0) is 12.0 Å². The van der Waals surface area contributed by atoms with Crippen LogP contribution in [-0.4, -0.2) is 11.2 Å². The van der Waals surface area contributed by atoms with E-state index in [0.29, 0.717) is 6.42 Å². The van der Waals surface area contributed by atoms with Crippen molar-refractivity contribution in [1.29, 1.82) is 0 Å². The molecule has 0 radical (unpaired) electrons. The Morgan fingerprint density at radius 1 is 1.14 bits per heavy atom. The molecule has 2 nitrogen and oxygen atoms in total. The lowest BCUT2D eigenvalue weighted by molar-refractivity contribution is 0.0572. The zero-order valence-electron chi connectivity index (χ0n) is 12.6. The molecule has 1 atom stereocenters. The second kappa shape index (κ2) is 6.27. The first-order valence-electron chi connectivity index (χ1n) is 7.11. The van der Waals surface area contributed by atoms with Crippen LogP contribution in [0.2, 0.25) is 0 Å². The molecule has 0 heterocycles. The smallest absolute Gasteiger partial charge is 0.123 e. The molecule has 21 heavy (non-hydrogen) atoms. The molecule has 0 fully saturated rings. The molecule has 0 bridgehead atoms. The van der Waals surface area contributed by atoms with Crippen LogP contribution in [0.25, 0.3) is 0 Å². The van der Waals surface area contributed by atoms with Crippen molar-refractivity contribution in [2.75, 3.05) is 0 Å². The van der Waals surface area contributed by atoms with Gasteiger partial charge in [-0.1, -0.05) is 24.3 Å². The van der Waals surface area contributed by atoms with Crippen molar-refractivity contribution < 1.29 is 14.2 Å². The van der Waals surface area contributed by atoms with Crippen molar-refractivity contribution in [3.05, 3.63) is 65.5 Å². The molecule has 0 spiro atoms. The predicted octanol–water partition coefficient (Wildman–Crippen LogP) is 4.06. The molecule has 0 saturated heterocycles. The monoisotopic (exact) mass is 288 g/mol. The molecule has 112 valence electrons. The van der Waals surface area contributed by atoms with E-state index in [1.165, 1.54) is 12.1 Å². The first-order valence-corrected chi connectivity index (χ1v) is 7.11. The molecule has 2 rings (SSSR count). The van der Waals surface area contributed by atoms with Crippen molar-refractivity contribution in [3.8, 4) is 5.75 Å². The largest absolute Gasteiger partial charge is 0.491 e. The second-order valence-electron chi connectivity index (χ2n) is 5.77. The summed E-state index contributed by atoms with van der Waals surface area (Å²) >= 11 is 0. The number of ether oxygens (including phenoxy) is 1. The minimum Gasteiger partial charge on any atom is -0.491 e. The third-order valence-electron chi connectivity index (χ3n) is 3.29. The van der Waals surface area contributed by atoms with E-state index < -0.39 is 5.60 Å². The highest BCUT2D eigenvalue weighted by Crippen LogP contribution is 2.28. The number of aliphatic hydroxyl groups is 1. The summed E-state index contributed by atoms with van der Waals surface area (Å²) in [5, 5.41) is 10.7. The predicted molar refractivity (Wildman–Crippen MR) is 81.9 cm³/mol. The third kappa shape index (κ3) is 4.30. The molecule has 0 aromatic heterocycles. The van der Waals surface area contributed by atoms with Crippen molar-refractivity contribution in [3.63, 3.8) is 0 Å². The van der Waals surface area contributed by atoms with Gasteiger partial charge in [0.2, 0.25) is 0 Å². The van der Waals surface area contributed by atoms with Gasteiger partial charge in [-0.15, -0.1) is 0 Å². The van der Waals surface area contributed by atoms with E-state index in [0.717, 1.165) is 16.9 Å². The topological polar surface area (TPSA) is 29.5 Å². The van der Waals surface area contributed by atoms with Crippen molar-refractivity contribution in [2.45, 2.75) is 38.9 Å². The average Bonchev–Trinajstić information content (AvgIpc) is 2.41. The maximum atomic E-state index is 12.9. The summed E-state index contributed by atoms with van der Waals surface area (Å²) in [6.07, 6.45) is 0.501. The van der Waals surface area contributed by atoms with Gasteiger partial charge in [0.15, 0.2) is 0 Å². The lowest BCUT2D eigenvalue weighted by Crippen LogP contribution is -2.24. The zero-order valence-corrected chi connectivity index (χ0v) is 12.6. The second-order valence-corrected chi connectivity index (χ2v) is 5.77. The van der Waals surface area contributed by atoms with Crippen molar-refractivity contribution in [2.24, 2.45) is 0 Å². The zero-order chi connectivity index (χ0) is 15.5. The number of benzene rings is 2. The van der Waals surface area contributed by atoms with Gasteiger partial charge < -0.3 is 9.84 Å². The van der Waals surface area contributed by atoms with E-state index in [2.05, 4.69) is 0 Å². The molecule has 0 amide bonds. The van der Waals surface area contributed by atoms with Crippen LogP contribution in [0.15, 0.2) is 48.5 Å². The molecule has 2 aromatic carbocycles. The third-order valence-corrected chi connectivity index (χ3v) is 3.29. The van der Waals surface area contributed by atoms with Gasteiger partial charge in [-0.25, -0.2) is 4.39 Å². The fourth-order valence-electron chi connectivity index (χ4n) is 2.28. The van der Waals surface area contributed by atoms with E-state index in [4.69, 9.17) is 4.74 Å². The highest BCUT2D eigenvalue weighted by atomic mass is 19.1. The molecule has 3 heteroatoms. The van der Waals surface area contributed by atoms with Gasteiger partial charge in [0.05, 0.1) is 11.7 Å². The summed E-state index contributed by atoms with van der Waals surface area (Å²) < 4.78 is 18.6. The number of hydrogen-bond acceptors (Lipinski definition) is 2. The van der Waals surface area contributed by atoms with Gasteiger partial charge in [0.25, 0.3) is 0 Å². The molecule has 1 unspecified atom stereocenters. The Hall–Kier alpha value is -1.87. The Balaban J connectivity index is 2.20. The van der Waals surface area contributed by atoms with Crippen LogP contribution in [0, 0.1) is 5.82 Å². The molecule has 2 aromatic rings. The Morgan fingerprint density at radius 3 is 2.43 bits per heavy atom. The summed E-state index contributed by atoms with van der Waals surface area (Å²) in [6, 6.07) is 13.7. The normalized spacial score (nSPS) is 14.0. The Bertz CT molecular complexity index is 588. The van der Waals surface area contributed by atoms with Crippen molar-refractivity contribution >= 4 is 0 Å². The number of halogens is 1. The van der Waals surface area contributed by atoms with Gasteiger partial charge in [-0.05, 0) is 56.2 Å². The highest BCUT2D eigenvalue weighted by Gasteiger charge is 2.24. The summed E-state index contributed by atoms with van der Waals surface area (Å²) in [4.78, 5) is 0. The first-order chi connectivity index (χ1) is 9.87. The van der Waals surface area contributed by atoms with Gasteiger partial charge in [0, 0.05) is 6.42 Å². The first kappa shape index (κ1) is 15.5. The van der Waals surface area contributed by atoms with Gasteiger partial charge in [0.1, 0.15) is 11.6 Å². The standard InChI is InChI=1S/C18H21FO2/c1-13(2)21-17-6-4-5-15(11-17)18(3,20)12-14-7-9-16(19)10-8-14/h4-11,13,20H,12H2,1-3H3. The lowest BCUT2D eigenvalue weighted by atomic mass is 9.89. The van der Waals surface area contributed by atoms with Crippen molar-refractivity contribution in [1.82, 2.24) is 0 Å². The van der Waals surface area contributed by atoms with Crippen LogP contribution in [0.4, 0.5) is 4.39 Å². The van der Waals surface area contributed by atoms with E-state index in [-0.39, 0.29) is 11.9 Å². The fraction of sp³-hybridized carbons (Fsp3) is 0.333.